The van der Waals surface area contributed by atoms with Gasteiger partial charge >= 0.3 is 51.4 Å². The van der Waals surface area contributed by atoms with Gasteiger partial charge in [0.15, 0.2) is 0 Å². The molecule has 0 saturated carbocycles. The maximum Gasteiger partial charge on any atom is 1.00 e. The quantitative estimate of drug-likeness (QED) is 0.241. The molecule has 1 rings (SSSR count). The molecule has 1 aromatic carbocycles. The van der Waals surface area contributed by atoms with Crippen LogP contribution in [0.5, 0.6) is 0 Å². The molecule has 0 amide bonds. The molecule has 0 atom stereocenters. The van der Waals surface area contributed by atoms with Crippen molar-refractivity contribution < 1.29 is 57.7 Å². The van der Waals surface area contributed by atoms with Gasteiger partial charge in [0.1, 0.15) is 0 Å². The maximum atomic E-state index is 10.0. The van der Waals surface area contributed by atoms with Crippen LogP contribution in [0.3, 0.4) is 0 Å². The average Bonchev–Trinajstić information content (AvgIpc) is 2.29. The summed E-state index contributed by atoms with van der Waals surface area (Å²) in [7, 11) is 0. The van der Waals surface area contributed by atoms with Gasteiger partial charge < -0.3 is 12.1 Å². The van der Waals surface area contributed by atoms with Crippen molar-refractivity contribution in [2.75, 3.05) is 26.2 Å². The van der Waals surface area contributed by atoms with Crippen molar-refractivity contribution in [3.8, 4) is 0 Å². The Labute approximate surface area is 145 Å². The van der Waals surface area contributed by atoms with E-state index >= 15 is 0 Å². The van der Waals surface area contributed by atoms with Crippen LogP contribution in [0.15, 0.2) is 30.3 Å². The zero-order chi connectivity index (χ0) is 11.6. The molecule has 5 nitrogen and oxygen atoms in total. The second-order valence-corrected chi connectivity index (χ2v) is 3.47. The van der Waals surface area contributed by atoms with Crippen LogP contribution in [-0.4, -0.2) is 31.1 Å². The molecule has 0 bridgehead atoms. The first-order chi connectivity index (χ1) is 7.79. The van der Waals surface area contributed by atoms with Gasteiger partial charge in [0.05, 0.1) is 6.54 Å². The summed E-state index contributed by atoms with van der Waals surface area (Å²) < 4.78 is 0. The first-order valence-electron chi connectivity index (χ1n) is 5.36. The third-order valence-corrected chi connectivity index (χ3v) is 2.12. The molecule has 0 saturated heterocycles. The summed E-state index contributed by atoms with van der Waals surface area (Å²) in [5.41, 5.74) is 1.24. The minimum Gasteiger partial charge on any atom is -1.00 e. The van der Waals surface area contributed by atoms with Gasteiger partial charge in [0, 0.05) is 24.6 Å². The molecule has 90 valence electrons. The van der Waals surface area contributed by atoms with Crippen molar-refractivity contribution in [3.05, 3.63) is 46.0 Å². The van der Waals surface area contributed by atoms with E-state index in [2.05, 4.69) is 22.8 Å². The smallest absolute Gasteiger partial charge is 1.00 e. The van der Waals surface area contributed by atoms with Crippen LogP contribution in [0.1, 0.15) is 6.99 Å². The Morgan fingerprint density at radius 2 is 1.76 bits per heavy atom. The van der Waals surface area contributed by atoms with Crippen molar-refractivity contribution in [1.29, 1.82) is 0 Å². The van der Waals surface area contributed by atoms with Gasteiger partial charge in [-0.2, -0.15) is 0 Å². The zero-order valence-corrected chi connectivity index (χ0v) is 13.3. The molecular formula is C11H18KN3O2. The summed E-state index contributed by atoms with van der Waals surface area (Å²) >= 11 is 0. The van der Waals surface area contributed by atoms with Crippen molar-refractivity contribution in [2.24, 2.45) is 0 Å². The van der Waals surface area contributed by atoms with Crippen LogP contribution in [0.25, 0.3) is 0 Å². The Bertz CT molecular complexity index is 314. The predicted molar refractivity (Wildman–Crippen MR) is 64.0 cm³/mol. The van der Waals surface area contributed by atoms with Gasteiger partial charge in [-0.25, -0.2) is 0 Å². The Kier molecular flexibility index (Phi) is 11.4. The number of nitrogens with one attached hydrogen (secondary N) is 2. The standard InChI is InChI=1S/C11H17N3O2.K.H/c15-14(16)9-8-12-6-7-13-10-11-4-2-1-3-5-11;;/h1-5,12-13H,6-10H2;;/q;+1;-1. The SMILES string of the molecule is O=[N+]([O-])CCNCCNCc1ccccc1.[H-].[K+]. The fourth-order valence-electron chi connectivity index (χ4n) is 1.30. The zero-order valence-electron chi connectivity index (χ0n) is 11.2. The van der Waals surface area contributed by atoms with E-state index in [1.54, 1.807) is 0 Å². The first-order valence-corrected chi connectivity index (χ1v) is 5.36. The van der Waals surface area contributed by atoms with Gasteiger partial charge in [-0.3, -0.25) is 10.1 Å². The van der Waals surface area contributed by atoms with E-state index in [-0.39, 0.29) is 64.3 Å². The van der Waals surface area contributed by atoms with Crippen LogP contribution in [0.2, 0.25) is 0 Å². The number of nitrogens with zero attached hydrogens (tertiary/aromatic N) is 1. The van der Waals surface area contributed by atoms with Gasteiger partial charge in [-0.15, -0.1) is 0 Å². The molecule has 17 heavy (non-hydrogen) atoms. The Morgan fingerprint density at radius 1 is 1.12 bits per heavy atom. The minimum absolute atomic E-state index is 0. The van der Waals surface area contributed by atoms with Crippen LogP contribution >= 0.6 is 0 Å². The molecule has 2 N–H and O–H groups in total. The molecule has 0 aliphatic carbocycles. The summed E-state index contributed by atoms with van der Waals surface area (Å²) in [5.74, 6) is 0. The average molecular weight is 263 g/mol. The Hall–Kier alpha value is 0.176. The fourth-order valence-corrected chi connectivity index (χ4v) is 1.30. The number of nitro groups is 1. The van der Waals surface area contributed by atoms with Crippen LogP contribution in [0, 0.1) is 10.1 Å². The maximum absolute atomic E-state index is 10.0. The third kappa shape index (κ3) is 9.84. The van der Waals surface area contributed by atoms with Crippen molar-refractivity contribution in [2.45, 2.75) is 6.54 Å². The van der Waals surface area contributed by atoms with Crippen LogP contribution in [0.4, 0.5) is 0 Å². The molecule has 1 aromatic rings. The molecule has 0 unspecified atom stereocenters. The van der Waals surface area contributed by atoms with Gasteiger partial charge in [0.25, 0.3) is 0 Å². The molecule has 0 aliphatic heterocycles. The van der Waals surface area contributed by atoms with Crippen molar-refractivity contribution in [3.63, 3.8) is 0 Å². The molecule has 0 aromatic heterocycles. The van der Waals surface area contributed by atoms with Crippen LogP contribution in [-0.2, 0) is 6.54 Å². The summed E-state index contributed by atoms with van der Waals surface area (Å²) in [6.07, 6.45) is 0. The summed E-state index contributed by atoms with van der Waals surface area (Å²) in [4.78, 5) is 9.71. The van der Waals surface area contributed by atoms with E-state index in [0.717, 1.165) is 19.6 Å². The van der Waals surface area contributed by atoms with E-state index in [1.165, 1.54) is 5.56 Å². The molecule has 0 spiro atoms. The summed E-state index contributed by atoms with van der Waals surface area (Å²) in [6, 6.07) is 10.1. The molecule has 6 heteroatoms. The largest absolute Gasteiger partial charge is 1.00 e. The molecule has 0 fully saturated rings. The first kappa shape index (κ1) is 17.2. The minimum atomic E-state index is -0.315. The van der Waals surface area contributed by atoms with Gasteiger partial charge in [-0.05, 0) is 5.56 Å². The topological polar surface area (TPSA) is 67.2 Å². The van der Waals surface area contributed by atoms with E-state index in [9.17, 15) is 10.1 Å². The summed E-state index contributed by atoms with van der Waals surface area (Å²) in [5, 5.41) is 16.3. The van der Waals surface area contributed by atoms with Gasteiger partial charge in [-0.1, -0.05) is 30.3 Å². The van der Waals surface area contributed by atoms with Crippen LogP contribution < -0.4 is 62.0 Å². The van der Waals surface area contributed by atoms with Gasteiger partial charge in [0.2, 0.25) is 6.54 Å². The van der Waals surface area contributed by atoms with E-state index in [4.69, 9.17) is 0 Å². The fraction of sp³-hybridized carbons (Fsp3) is 0.455. The monoisotopic (exact) mass is 263 g/mol. The predicted octanol–water partition coefficient (Wildman–Crippen LogP) is -2.24. The molecule has 0 radical (unpaired) electrons. The summed E-state index contributed by atoms with van der Waals surface area (Å²) in [6.45, 7) is 2.81. The molecular weight excluding hydrogens is 245 g/mol. The van der Waals surface area contributed by atoms with E-state index < -0.39 is 0 Å². The van der Waals surface area contributed by atoms with Crippen molar-refractivity contribution in [1.82, 2.24) is 10.6 Å². The molecule has 0 heterocycles. The van der Waals surface area contributed by atoms with E-state index in [1.807, 2.05) is 18.2 Å². The number of hydrogen-bond acceptors (Lipinski definition) is 4. The Morgan fingerprint density at radius 3 is 2.41 bits per heavy atom. The Balaban J connectivity index is 0. The normalized spacial score (nSPS) is 9.65. The second-order valence-electron chi connectivity index (χ2n) is 3.47. The van der Waals surface area contributed by atoms with E-state index in [0.29, 0.717) is 6.54 Å². The van der Waals surface area contributed by atoms with Crippen molar-refractivity contribution >= 4 is 0 Å². The number of benzene rings is 1. The molecule has 0 aliphatic rings. The number of hydrogen-bond donors (Lipinski definition) is 2. The third-order valence-electron chi connectivity index (χ3n) is 2.12. The number of rotatable bonds is 8. The second kappa shape index (κ2) is 11.3.